The highest BCUT2D eigenvalue weighted by molar-refractivity contribution is 5.97. The van der Waals surface area contributed by atoms with Gasteiger partial charge in [-0.25, -0.2) is 0 Å². The van der Waals surface area contributed by atoms with Crippen LogP contribution in [0.4, 0.5) is 0 Å². The van der Waals surface area contributed by atoms with E-state index < -0.39 is 0 Å². The molecule has 1 heterocycles. The number of hydrogen-bond acceptors (Lipinski definition) is 3. The van der Waals surface area contributed by atoms with Crippen LogP contribution in [0.2, 0.25) is 0 Å². The Bertz CT molecular complexity index is 911. The maximum Gasteiger partial charge on any atom is 0.287 e. The molecule has 1 aromatic heterocycles. The van der Waals surface area contributed by atoms with Crippen molar-refractivity contribution >= 4 is 16.9 Å². The molecule has 0 unspecified atom stereocenters. The van der Waals surface area contributed by atoms with Crippen molar-refractivity contribution in [3.63, 3.8) is 0 Å². The van der Waals surface area contributed by atoms with E-state index in [1.807, 2.05) is 18.2 Å². The molecule has 3 aromatic rings. The third-order valence-corrected chi connectivity index (χ3v) is 4.47. The summed E-state index contributed by atoms with van der Waals surface area (Å²) in [5.74, 6) is 0.700. The standard InChI is InChI=1S/C21H23NO3/c1-5-17(16-10-9-13(2)11-14(16)3)22-21(23)19-12-15-7-6-8-18(24-4)20(15)25-19/h6-12,17H,5H2,1-4H3,(H,22,23)/t17-/m0/s1. The summed E-state index contributed by atoms with van der Waals surface area (Å²) in [6, 6.07) is 13.6. The van der Waals surface area contributed by atoms with E-state index in [1.54, 1.807) is 13.2 Å². The molecule has 1 atom stereocenters. The Hall–Kier alpha value is -2.75. The molecule has 0 bridgehead atoms. The van der Waals surface area contributed by atoms with E-state index in [-0.39, 0.29) is 11.9 Å². The normalized spacial score (nSPS) is 12.2. The Morgan fingerprint density at radius 2 is 2.00 bits per heavy atom. The zero-order valence-corrected chi connectivity index (χ0v) is 15.1. The Morgan fingerprint density at radius 1 is 1.20 bits per heavy atom. The first-order chi connectivity index (χ1) is 12.0. The summed E-state index contributed by atoms with van der Waals surface area (Å²) in [5.41, 5.74) is 4.12. The van der Waals surface area contributed by atoms with Gasteiger partial charge in [0, 0.05) is 5.39 Å². The number of fused-ring (bicyclic) bond motifs is 1. The smallest absolute Gasteiger partial charge is 0.287 e. The highest BCUT2D eigenvalue weighted by Crippen LogP contribution is 2.29. The summed E-state index contributed by atoms with van der Waals surface area (Å²) in [7, 11) is 1.59. The zero-order valence-electron chi connectivity index (χ0n) is 15.1. The van der Waals surface area contributed by atoms with E-state index in [0.29, 0.717) is 17.1 Å². The van der Waals surface area contributed by atoms with Crippen LogP contribution in [0, 0.1) is 13.8 Å². The fraction of sp³-hybridized carbons (Fsp3) is 0.286. The van der Waals surface area contributed by atoms with E-state index >= 15 is 0 Å². The molecule has 0 aliphatic carbocycles. The molecule has 0 spiro atoms. The van der Waals surface area contributed by atoms with E-state index in [1.165, 1.54) is 11.1 Å². The monoisotopic (exact) mass is 337 g/mol. The molecular formula is C21H23NO3. The lowest BCUT2D eigenvalue weighted by molar-refractivity contribution is 0.0909. The number of benzene rings is 2. The third kappa shape index (κ3) is 3.38. The van der Waals surface area contributed by atoms with Crippen molar-refractivity contribution in [2.75, 3.05) is 7.11 Å². The Labute approximate surface area is 147 Å². The average molecular weight is 337 g/mol. The maximum atomic E-state index is 12.7. The number of amides is 1. The molecule has 0 saturated carbocycles. The number of aryl methyl sites for hydroxylation is 2. The van der Waals surface area contributed by atoms with Gasteiger partial charge in [0.1, 0.15) is 0 Å². The number of rotatable bonds is 5. The fourth-order valence-electron chi connectivity index (χ4n) is 3.15. The van der Waals surface area contributed by atoms with Crippen LogP contribution in [0.5, 0.6) is 5.75 Å². The summed E-state index contributed by atoms with van der Waals surface area (Å²) in [6.45, 7) is 6.20. The molecule has 0 radical (unpaired) electrons. The lowest BCUT2D eigenvalue weighted by Gasteiger charge is -2.19. The third-order valence-electron chi connectivity index (χ3n) is 4.47. The predicted octanol–water partition coefficient (Wildman–Crippen LogP) is 4.94. The van der Waals surface area contributed by atoms with Crippen LogP contribution < -0.4 is 10.1 Å². The average Bonchev–Trinajstić information content (AvgIpc) is 3.04. The number of nitrogens with one attached hydrogen (secondary N) is 1. The van der Waals surface area contributed by atoms with Crippen LogP contribution in [0.1, 0.15) is 46.6 Å². The first-order valence-electron chi connectivity index (χ1n) is 8.48. The Kier molecular flexibility index (Phi) is 4.79. The molecule has 0 aliphatic heterocycles. The van der Waals surface area contributed by atoms with Gasteiger partial charge < -0.3 is 14.5 Å². The Morgan fingerprint density at radius 3 is 2.68 bits per heavy atom. The lowest BCUT2D eigenvalue weighted by atomic mass is 9.97. The van der Waals surface area contributed by atoms with Gasteiger partial charge in [-0.15, -0.1) is 0 Å². The molecule has 0 aliphatic rings. The molecule has 1 amide bonds. The molecular weight excluding hydrogens is 314 g/mol. The van der Waals surface area contributed by atoms with Crippen LogP contribution in [-0.2, 0) is 0 Å². The molecule has 1 N–H and O–H groups in total. The summed E-state index contributed by atoms with van der Waals surface area (Å²) in [5, 5.41) is 3.94. The van der Waals surface area contributed by atoms with Crippen molar-refractivity contribution in [3.05, 3.63) is 64.9 Å². The summed E-state index contributed by atoms with van der Waals surface area (Å²) in [6.07, 6.45) is 0.805. The van der Waals surface area contributed by atoms with E-state index in [9.17, 15) is 4.79 Å². The molecule has 3 rings (SSSR count). The minimum Gasteiger partial charge on any atom is -0.493 e. The first kappa shape index (κ1) is 17.1. The number of para-hydroxylation sites is 1. The second-order valence-corrected chi connectivity index (χ2v) is 6.28. The van der Waals surface area contributed by atoms with Gasteiger partial charge in [-0.05, 0) is 43.5 Å². The Balaban J connectivity index is 1.87. The van der Waals surface area contributed by atoms with Crippen molar-refractivity contribution < 1.29 is 13.9 Å². The number of furan rings is 1. The van der Waals surface area contributed by atoms with Crippen LogP contribution in [0.15, 0.2) is 46.9 Å². The van der Waals surface area contributed by atoms with Crippen molar-refractivity contribution in [1.82, 2.24) is 5.32 Å². The number of hydrogen-bond donors (Lipinski definition) is 1. The zero-order chi connectivity index (χ0) is 18.0. The topological polar surface area (TPSA) is 51.5 Å². The lowest BCUT2D eigenvalue weighted by Crippen LogP contribution is -2.28. The molecule has 130 valence electrons. The SMILES string of the molecule is CC[C@H](NC(=O)c1cc2cccc(OC)c2o1)c1ccc(C)cc1C. The quantitative estimate of drug-likeness (QED) is 0.717. The van der Waals surface area contributed by atoms with Gasteiger partial charge in [0.05, 0.1) is 13.2 Å². The number of methoxy groups -OCH3 is 1. The fourth-order valence-corrected chi connectivity index (χ4v) is 3.15. The predicted molar refractivity (Wildman–Crippen MR) is 99.2 cm³/mol. The molecule has 0 saturated heterocycles. The van der Waals surface area contributed by atoms with Gasteiger partial charge in [0.2, 0.25) is 0 Å². The van der Waals surface area contributed by atoms with Crippen LogP contribution in [0.3, 0.4) is 0 Å². The minimum absolute atomic E-state index is 0.0526. The number of ether oxygens (including phenoxy) is 1. The van der Waals surface area contributed by atoms with E-state index in [4.69, 9.17) is 9.15 Å². The van der Waals surface area contributed by atoms with Crippen molar-refractivity contribution in [3.8, 4) is 5.75 Å². The van der Waals surface area contributed by atoms with E-state index in [0.717, 1.165) is 17.4 Å². The van der Waals surface area contributed by atoms with Crippen molar-refractivity contribution in [1.29, 1.82) is 0 Å². The molecule has 4 nitrogen and oxygen atoms in total. The van der Waals surface area contributed by atoms with E-state index in [2.05, 4.69) is 44.3 Å². The van der Waals surface area contributed by atoms with Gasteiger partial charge in [0.25, 0.3) is 5.91 Å². The second-order valence-electron chi connectivity index (χ2n) is 6.28. The van der Waals surface area contributed by atoms with Crippen molar-refractivity contribution in [2.24, 2.45) is 0 Å². The van der Waals surface area contributed by atoms with Gasteiger partial charge in [-0.1, -0.05) is 42.8 Å². The van der Waals surface area contributed by atoms with Gasteiger partial charge in [0.15, 0.2) is 17.1 Å². The van der Waals surface area contributed by atoms with Crippen LogP contribution in [0.25, 0.3) is 11.0 Å². The highest BCUT2D eigenvalue weighted by Gasteiger charge is 2.19. The molecule has 4 heteroatoms. The number of carbonyl (C=O) groups excluding carboxylic acids is 1. The first-order valence-corrected chi connectivity index (χ1v) is 8.48. The van der Waals surface area contributed by atoms with Crippen molar-refractivity contribution in [2.45, 2.75) is 33.2 Å². The second kappa shape index (κ2) is 7.01. The summed E-state index contributed by atoms with van der Waals surface area (Å²) >= 11 is 0. The minimum atomic E-state index is -0.218. The highest BCUT2D eigenvalue weighted by atomic mass is 16.5. The van der Waals surface area contributed by atoms with Gasteiger partial charge >= 0.3 is 0 Å². The maximum absolute atomic E-state index is 12.7. The van der Waals surface area contributed by atoms with Crippen LogP contribution >= 0.6 is 0 Å². The molecule has 2 aromatic carbocycles. The molecule has 25 heavy (non-hydrogen) atoms. The molecule has 0 fully saturated rings. The largest absolute Gasteiger partial charge is 0.493 e. The summed E-state index contributed by atoms with van der Waals surface area (Å²) in [4.78, 5) is 12.7. The number of carbonyl (C=O) groups is 1. The van der Waals surface area contributed by atoms with Gasteiger partial charge in [-0.3, -0.25) is 4.79 Å². The van der Waals surface area contributed by atoms with Crippen LogP contribution in [-0.4, -0.2) is 13.0 Å². The van der Waals surface area contributed by atoms with Gasteiger partial charge in [-0.2, -0.15) is 0 Å². The summed E-state index contributed by atoms with van der Waals surface area (Å²) < 4.78 is 11.0.